The Bertz CT molecular complexity index is 695. The van der Waals surface area contributed by atoms with Gasteiger partial charge in [-0.3, -0.25) is 4.79 Å². The van der Waals surface area contributed by atoms with E-state index in [0.29, 0.717) is 24.3 Å². The minimum atomic E-state index is -0.0339. The lowest BCUT2D eigenvalue weighted by Gasteiger charge is -2.20. The summed E-state index contributed by atoms with van der Waals surface area (Å²) in [6, 6.07) is 7.99. The van der Waals surface area contributed by atoms with Crippen LogP contribution in [0.3, 0.4) is 0 Å². The van der Waals surface area contributed by atoms with Crippen LogP contribution < -0.4 is 0 Å². The maximum Gasteiger partial charge on any atom is 0.290 e. The van der Waals surface area contributed by atoms with Crippen molar-refractivity contribution in [3.05, 3.63) is 47.3 Å². The molecule has 0 aliphatic heterocycles. The van der Waals surface area contributed by atoms with Gasteiger partial charge >= 0.3 is 0 Å². The number of hydrogen-bond donors (Lipinski definition) is 0. The van der Waals surface area contributed by atoms with E-state index in [4.69, 9.17) is 8.83 Å². The molecule has 4 nitrogen and oxygen atoms in total. The van der Waals surface area contributed by atoms with E-state index in [-0.39, 0.29) is 5.91 Å². The Hall–Kier alpha value is -1.97. The summed E-state index contributed by atoms with van der Waals surface area (Å²) in [5, 5.41) is 0. The maximum absolute atomic E-state index is 12.6. The van der Waals surface area contributed by atoms with Gasteiger partial charge in [-0.2, -0.15) is 0 Å². The number of rotatable bonds is 5. The molecule has 2 atom stereocenters. The Balaban J connectivity index is 1.50. The summed E-state index contributed by atoms with van der Waals surface area (Å²) in [4.78, 5) is 14.5. The van der Waals surface area contributed by atoms with Gasteiger partial charge in [-0.1, -0.05) is 6.92 Å². The Labute approximate surface area is 130 Å². The van der Waals surface area contributed by atoms with Gasteiger partial charge in [0.15, 0.2) is 5.76 Å². The van der Waals surface area contributed by atoms with Gasteiger partial charge in [-0.15, -0.1) is 0 Å². The normalized spacial score (nSPS) is 23.5. The molecule has 2 aliphatic carbocycles. The second-order valence-electron chi connectivity index (χ2n) is 6.70. The van der Waals surface area contributed by atoms with E-state index in [1.54, 1.807) is 6.07 Å². The van der Waals surface area contributed by atoms with E-state index in [1.165, 1.54) is 6.42 Å². The van der Waals surface area contributed by atoms with Gasteiger partial charge < -0.3 is 13.7 Å². The molecular formula is C18H21NO3. The summed E-state index contributed by atoms with van der Waals surface area (Å²) in [6.45, 7) is 4.63. The van der Waals surface area contributed by atoms with Crippen LogP contribution in [0.5, 0.6) is 0 Å². The number of furan rings is 2. The average molecular weight is 299 g/mol. The molecule has 22 heavy (non-hydrogen) atoms. The van der Waals surface area contributed by atoms with E-state index >= 15 is 0 Å². The Morgan fingerprint density at radius 3 is 2.59 bits per heavy atom. The molecule has 4 rings (SSSR count). The topological polar surface area (TPSA) is 46.6 Å². The number of carbonyl (C=O) groups is 1. The molecule has 0 N–H and O–H groups in total. The first-order valence-corrected chi connectivity index (χ1v) is 8.08. The lowest BCUT2D eigenvalue weighted by atomic mass is 10.3. The van der Waals surface area contributed by atoms with Crippen LogP contribution in [0, 0.1) is 12.8 Å². The third kappa shape index (κ3) is 2.58. The number of carbonyl (C=O) groups excluding carboxylic acids is 1. The van der Waals surface area contributed by atoms with E-state index in [2.05, 4.69) is 13.0 Å². The van der Waals surface area contributed by atoms with Crippen LogP contribution in [-0.2, 0) is 6.54 Å². The van der Waals surface area contributed by atoms with Crippen molar-refractivity contribution in [3.63, 3.8) is 0 Å². The molecule has 2 saturated carbocycles. The summed E-state index contributed by atoms with van der Waals surface area (Å²) in [7, 11) is 0. The fourth-order valence-electron chi connectivity index (χ4n) is 3.01. The van der Waals surface area contributed by atoms with Crippen LogP contribution in [0.1, 0.15) is 59.9 Å². The van der Waals surface area contributed by atoms with E-state index in [1.807, 2.05) is 24.0 Å². The maximum atomic E-state index is 12.6. The van der Waals surface area contributed by atoms with E-state index < -0.39 is 0 Å². The van der Waals surface area contributed by atoms with Crippen molar-refractivity contribution in [1.29, 1.82) is 0 Å². The third-order valence-electron chi connectivity index (χ3n) is 4.68. The van der Waals surface area contributed by atoms with Gasteiger partial charge in [0.25, 0.3) is 5.91 Å². The first-order chi connectivity index (χ1) is 10.6. The molecule has 4 heteroatoms. The van der Waals surface area contributed by atoms with Crippen LogP contribution in [0.2, 0.25) is 0 Å². The van der Waals surface area contributed by atoms with Crippen LogP contribution >= 0.6 is 0 Å². The number of hydrogen-bond acceptors (Lipinski definition) is 3. The average Bonchev–Trinajstić information content (AvgIpc) is 3.37. The van der Waals surface area contributed by atoms with Crippen LogP contribution in [0.15, 0.2) is 33.1 Å². The molecule has 0 saturated heterocycles. The predicted octanol–water partition coefficient (Wildman–Crippen LogP) is 4.11. The summed E-state index contributed by atoms with van der Waals surface area (Å²) < 4.78 is 11.4. The largest absolute Gasteiger partial charge is 0.464 e. The van der Waals surface area contributed by atoms with Crippen molar-refractivity contribution < 1.29 is 13.6 Å². The summed E-state index contributed by atoms with van der Waals surface area (Å²) in [5.74, 6) is 4.40. The zero-order valence-corrected chi connectivity index (χ0v) is 13.0. The second kappa shape index (κ2) is 5.04. The van der Waals surface area contributed by atoms with Gasteiger partial charge in [0.2, 0.25) is 0 Å². The second-order valence-corrected chi connectivity index (χ2v) is 6.70. The molecule has 2 aromatic heterocycles. The van der Waals surface area contributed by atoms with Gasteiger partial charge in [0.05, 0.1) is 6.54 Å². The van der Waals surface area contributed by atoms with Crippen molar-refractivity contribution in [1.82, 2.24) is 4.90 Å². The molecule has 1 amide bonds. The highest BCUT2D eigenvalue weighted by atomic mass is 16.4. The number of aryl methyl sites for hydroxylation is 1. The Morgan fingerprint density at radius 1 is 1.23 bits per heavy atom. The summed E-state index contributed by atoms with van der Waals surface area (Å²) in [5.41, 5.74) is 0. The highest BCUT2D eigenvalue weighted by molar-refractivity contribution is 5.91. The Kier molecular flexibility index (Phi) is 3.13. The van der Waals surface area contributed by atoms with Gasteiger partial charge in [-0.25, -0.2) is 0 Å². The fraction of sp³-hybridized carbons (Fsp3) is 0.500. The number of nitrogens with zero attached hydrogens (tertiary/aromatic N) is 1. The van der Waals surface area contributed by atoms with Gasteiger partial charge in [0, 0.05) is 12.0 Å². The minimum absolute atomic E-state index is 0.0339. The highest BCUT2D eigenvalue weighted by Gasteiger charge is 2.38. The molecule has 2 aromatic rings. The molecule has 0 unspecified atom stereocenters. The van der Waals surface area contributed by atoms with Gasteiger partial charge in [0.1, 0.15) is 17.3 Å². The molecule has 0 spiro atoms. The minimum Gasteiger partial charge on any atom is -0.464 e. The predicted molar refractivity (Wildman–Crippen MR) is 81.6 cm³/mol. The smallest absolute Gasteiger partial charge is 0.290 e. The molecule has 0 radical (unpaired) electrons. The quantitative estimate of drug-likeness (QED) is 0.834. The number of amides is 1. The zero-order valence-electron chi connectivity index (χ0n) is 13.0. The summed E-state index contributed by atoms with van der Waals surface area (Å²) in [6.07, 6.45) is 3.35. The summed E-state index contributed by atoms with van der Waals surface area (Å²) >= 11 is 0. The lowest BCUT2D eigenvalue weighted by molar-refractivity contribution is 0.0683. The van der Waals surface area contributed by atoms with Crippen LogP contribution in [0.4, 0.5) is 0 Å². The third-order valence-corrected chi connectivity index (χ3v) is 4.68. The van der Waals surface area contributed by atoms with Crippen molar-refractivity contribution in [2.24, 2.45) is 5.92 Å². The SMILES string of the molecule is Cc1ccc(C(=O)N(Cc2ccc([C@@H]3C[C@H]3C)o2)C2CC2)o1. The lowest BCUT2D eigenvalue weighted by Crippen LogP contribution is -2.32. The van der Waals surface area contributed by atoms with Crippen LogP contribution in [-0.4, -0.2) is 16.8 Å². The monoisotopic (exact) mass is 299 g/mol. The molecule has 116 valence electrons. The van der Waals surface area contributed by atoms with Crippen molar-refractivity contribution in [3.8, 4) is 0 Å². The Morgan fingerprint density at radius 2 is 2.00 bits per heavy atom. The first kappa shape index (κ1) is 13.7. The molecule has 2 heterocycles. The first-order valence-electron chi connectivity index (χ1n) is 8.08. The van der Waals surface area contributed by atoms with Crippen molar-refractivity contribution in [2.45, 2.75) is 51.6 Å². The van der Waals surface area contributed by atoms with Crippen molar-refractivity contribution in [2.75, 3.05) is 0 Å². The molecule has 0 aromatic carbocycles. The molecule has 0 bridgehead atoms. The van der Waals surface area contributed by atoms with Crippen LogP contribution in [0.25, 0.3) is 0 Å². The zero-order chi connectivity index (χ0) is 15.3. The fourth-order valence-corrected chi connectivity index (χ4v) is 3.01. The molecule has 2 fully saturated rings. The van der Waals surface area contributed by atoms with Gasteiger partial charge in [-0.05, 0) is 56.4 Å². The molecule has 2 aliphatic rings. The highest BCUT2D eigenvalue weighted by Crippen LogP contribution is 2.47. The van der Waals surface area contributed by atoms with E-state index in [9.17, 15) is 4.79 Å². The molecular weight excluding hydrogens is 278 g/mol. The van der Waals surface area contributed by atoms with Crippen molar-refractivity contribution >= 4 is 5.91 Å². The standard InChI is InChI=1S/C18H21NO3/c1-11-9-15(11)16-8-6-14(22-16)10-19(13-4-5-13)18(20)17-7-3-12(2)21-17/h3,6-8,11,13,15H,4-5,9-10H2,1-2H3/t11-,15-/m1/s1. The van der Waals surface area contributed by atoms with E-state index in [0.717, 1.165) is 36.0 Å².